The summed E-state index contributed by atoms with van der Waals surface area (Å²) in [6.07, 6.45) is 3.32. The van der Waals surface area contributed by atoms with Crippen molar-refractivity contribution >= 4 is 16.9 Å². The molecule has 1 aromatic carbocycles. The van der Waals surface area contributed by atoms with Crippen molar-refractivity contribution < 1.29 is 4.39 Å². The summed E-state index contributed by atoms with van der Waals surface area (Å²) < 4.78 is 13.4. The van der Waals surface area contributed by atoms with Crippen molar-refractivity contribution in [1.29, 1.82) is 0 Å². The summed E-state index contributed by atoms with van der Waals surface area (Å²) in [6.45, 7) is 1.26. The maximum atomic E-state index is 13.4. The first kappa shape index (κ1) is 12.3. The maximum absolute atomic E-state index is 13.4. The van der Waals surface area contributed by atoms with Crippen molar-refractivity contribution in [2.75, 3.05) is 18.0 Å². The second-order valence-corrected chi connectivity index (χ2v) is 5.34. The van der Waals surface area contributed by atoms with Gasteiger partial charge < -0.3 is 9.88 Å². The lowest BCUT2D eigenvalue weighted by atomic mass is 10.1. The van der Waals surface area contributed by atoms with Crippen LogP contribution in [0.25, 0.3) is 22.3 Å². The lowest BCUT2D eigenvalue weighted by Crippen LogP contribution is -2.19. The molecule has 0 aliphatic carbocycles. The molecule has 1 atom stereocenters. The number of rotatable bonds is 2. The molecule has 4 nitrogen and oxygen atoms in total. The zero-order valence-electron chi connectivity index (χ0n) is 11.5. The third kappa shape index (κ3) is 2.14. The van der Waals surface area contributed by atoms with E-state index in [2.05, 4.69) is 32.0 Å². The van der Waals surface area contributed by atoms with Crippen molar-refractivity contribution in [3.63, 3.8) is 0 Å². The Balaban J connectivity index is 1.77. The molecule has 4 rings (SSSR count). The molecule has 0 radical (unpaired) electrons. The number of halogens is 1. The van der Waals surface area contributed by atoms with Crippen LogP contribution in [0.5, 0.6) is 0 Å². The molecule has 0 spiro atoms. The zero-order valence-corrected chi connectivity index (χ0v) is 11.5. The second kappa shape index (κ2) is 4.84. The van der Waals surface area contributed by atoms with E-state index in [0.717, 1.165) is 28.9 Å². The highest BCUT2D eigenvalue weighted by molar-refractivity contribution is 5.90. The molecule has 3 aromatic rings. The molecule has 0 unspecified atom stereocenters. The van der Waals surface area contributed by atoms with Crippen LogP contribution in [-0.2, 0) is 0 Å². The summed E-state index contributed by atoms with van der Waals surface area (Å²) >= 11 is 0. The Kier molecular flexibility index (Phi) is 2.84. The Bertz CT molecular complexity index is 783. The van der Waals surface area contributed by atoms with E-state index in [9.17, 15) is 4.39 Å². The van der Waals surface area contributed by atoms with E-state index in [4.69, 9.17) is 0 Å². The van der Waals surface area contributed by atoms with Gasteiger partial charge in [-0.15, -0.1) is 0 Å². The van der Waals surface area contributed by atoms with Crippen LogP contribution in [0.1, 0.15) is 6.42 Å². The highest BCUT2D eigenvalue weighted by Gasteiger charge is 2.22. The van der Waals surface area contributed by atoms with Gasteiger partial charge in [-0.2, -0.15) is 0 Å². The Morgan fingerprint density at radius 2 is 2.19 bits per heavy atom. The van der Waals surface area contributed by atoms with E-state index in [-0.39, 0.29) is 0 Å². The largest absolute Gasteiger partial charge is 0.368 e. The third-order valence-electron chi connectivity index (χ3n) is 3.98. The number of nitrogens with zero attached hydrogens (tertiary/aromatic N) is 3. The third-order valence-corrected chi connectivity index (χ3v) is 3.98. The number of pyridine rings is 1. The molecule has 106 valence electrons. The summed E-state index contributed by atoms with van der Waals surface area (Å²) in [5.41, 5.74) is 4.86. The number of imidazole rings is 1. The molecule has 5 heteroatoms. The van der Waals surface area contributed by atoms with E-state index in [1.807, 2.05) is 18.2 Å². The van der Waals surface area contributed by atoms with Gasteiger partial charge in [0.15, 0.2) is 5.65 Å². The zero-order chi connectivity index (χ0) is 14.2. The number of aromatic nitrogens is 3. The summed E-state index contributed by atoms with van der Waals surface area (Å²) in [4.78, 5) is 13.7. The minimum Gasteiger partial charge on any atom is -0.368 e. The quantitative estimate of drug-likeness (QED) is 0.785. The number of nitrogens with one attached hydrogen (secondary N) is 1. The van der Waals surface area contributed by atoms with Crippen LogP contribution >= 0.6 is 0 Å². The second-order valence-electron chi connectivity index (χ2n) is 5.34. The molecule has 2 aromatic heterocycles. The molecule has 21 heavy (non-hydrogen) atoms. The first-order valence-corrected chi connectivity index (χ1v) is 7.09. The first-order chi connectivity index (χ1) is 10.3. The fraction of sp³-hybridized carbons (Fsp3) is 0.250. The maximum Gasteiger partial charge on any atom is 0.178 e. The number of aromatic amines is 1. The minimum atomic E-state index is -0.714. The van der Waals surface area contributed by atoms with Gasteiger partial charge in [0.25, 0.3) is 0 Å². The number of hydrogen-bond donors (Lipinski definition) is 1. The van der Waals surface area contributed by atoms with Crippen LogP contribution in [0.4, 0.5) is 10.1 Å². The van der Waals surface area contributed by atoms with Gasteiger partial charge in [0.05, 0.1) is 11.8 Å². The van der Waals surface area contributed by atoms with E-state index < -0.39 is 6.17 Å². The van der Waals surface area contributed by atoms with Gasteiger partial charge in [-0.05, 0) is 30.2 Å². The van der Waals surface area contributed by atoms with E-state index in [1.54, 1.807) is 12.5 Å². The number of anilines is 1. The van der Waals surface area contributed by atoms with Gasteiger partial charge in [-0.1, -0.05) is 12.1 Å². The summed E-state index contributed by atoms with van der Waals surface area (Å²) in [5.74, 6) is 0. The molecular formula is C16H15FN4. The Labute approximate surface area is 121 Å². The van der Waals surface area contributed by atoms with Crippen LogP contribution in [-0.4, -0.2) is 34.2 Å². The molecule has 3 heterocycles. The van der Waals surface area contributed by atoms with Crippen LogP contribution < -0.4 is 4.90 Å². The number of H-pyrrole nitrogens is 1. The molecule has 0 saturated carbocycles. The van der Waals surface area contributed by atoms with Crippen molar-refractivity contribution in [2.24, 2.45) is 0 Å². The monoisotopic (exact) mass is 282 g/mol. The van der Waals surface area contributed by atoms with Crippen LogP contribution in [0.2, 0.25) is 0 Å². The van der Waals surface area contributed by atoms with Gasteiger partial charge in [0.2, 0.25) is 0 Å². The molecule has 1 N–H and O–H groups in total. The van der Waals surface area contributed by atoms with Crippen molar-refractivity contribution in [1.82, 2.24) is 15.0 Å². The summed E-state index contributed by atoms with van der Waals surface area (Å²) in [6, 6.07) is 10.2. The van der Waals surface area contributed by atoms with Crippen molar-refractivity contribution in [3.8, 4) is 11.1 Å². The topological polar surface area (TPSA) is 44.8 Å². The van der Waals surface area contributed by atoms with E-state index >= 15 is 0 Å². The standard InChI is InChI=1S/C16H15FN4/c17-12-5-7-21(9-12)13-3-1-2-11(8-13)14-4-6-18-16-15(14)19-10-20-16/h1-4,6,8,10,12H,5,7,9H2,(H,18,19,20)/t12-/m0/s1. The SMILES string of the molecule is F[C@H]1CCN(c2cccc(-c3ccnc4nc[nH]c34)c2)C1. The normalized spacial score (nSPS) is 18.5. The van der Waals surface area contributed by atoms with Gasteiger partial charge >= 0.3 is 0 Å². The molecule has 1 aliphatic heterocycles. The Hall–Kier alpha value is -2.43. The summed E-state index contributed by atoms with van der Waals surface area (Å²) in [5, 5.41) is 0. The van der Waals surface area contributed by atoms with E-state index in [1.165, 1.54) is 0 Å². The fourth-order valence-electron chi connectivity index (χ4n) is 2.91. The highest BCUT2D eigenvalue weighted by Crippen LogP contribution is 2.30. The van der Waals surface area contributed by atoms with Crippen LogP contribution in [0.3, 0.4) is 0 Å². The van der Waals surface area contributed by atoms with E-state index in [0.29, 0.717) is 18.6 Å². The van der Waals surface area contributed by atoms with Crippen LogP contribution in [0, 0.1) is 0 Å². The van der Waals surface area contributed by atoms with Gasteiger partial charge in [0.1, 0.15) is 6.17 Å². The number of benzene rings is 1. The molecule has 1 saturated heterocycles. The highest BCUT2D eigenvalue weighted by atomic mass is 19.1. The van der Waals surface area contributed by atoms with Crippen molar-refractivity contribution in [2.45, 2.75) is 12.6 Å². The molecule has 0 amide bonds. The molecule has 0 bridgehead atoms. The Morgan fingerprint density at radius 1 is 1.24 bits per heavy atom. The lowest BCUT2D eigenvalue weighted by molar-refractivity contribution is 0.364. The number of hydrogen-bond acceptors (Lipinski definition) is 3. The average Bonchev–Trinajstić information content (AvgIpc) is 3.15. The minimum absolute atomic E-state index is 0.485. The first-order valence-electron chi connectivity index (χ1n) is 7.09. The Morgan fingerprint density at radius 3 is 3.05 bits per heavy atom. The van der Waals surface area contributed by atoms with Gasteiger partial charge in [0, 0.05) is 30.5 Å². The average molecular weight is 282 g/mol. The summed E-state index contributed by atoms with van der Waals surface area (Å²) in [7, 11) is 0. The fourth-order valence-corrected chi connectivity index (χ4v) is 2.91. The number of fused-ring (bicyclic) bond motifs is 1. The van der Waals surface area contributed by atoms with Gasteiger partial charge in [-0.25, -0.2) is 14.4 Å². The van der Waals surface area contributed by atoms with Gasteiger partial charge in [-0.3, -0.25) is 0 Å². The predicted octanol–water partition coefficient (Wildman–Crippen LogP) is 3.17. The van der Waals surface area contributed by atoms with Crippen LogP contribution in [0.15, 0.2) is 42.9 Å². The number of alkyl halides is 1. The molecule has 1 aliphatic rings. The molecular weight excluding hydrogens is 267 g/mol. The van der Waals surface area contributed by atoms with Crippen molar-refractivity contribution in [3.05, 3.63) is 42.9 Å². The molecule has 1 fully saturated rings. The smallest absolute Gasteiger partial charge is 0.178 e. The predicted molar refractivity (Wildman–Crippen MR) is 81.1 cm³/mol. The lowest BCUT2D eigenvalue weighted by Gasteiger charge is -2.18.